The van der Waals surface area contributed by atoms with Gasteiger partial charge in [0.2, 0.25) is 0 Å². The maximum absolute atomic E-state index is 4.22. The van der Waals surface area contributed by atoms with Crippen LogP contribution in [0.25, 0.3) is 0 Å². The average Bonchev–Trinajstić information content (AvgIpc) is 2.54. The van der Waals surface area contributed by atoms with E-state index in [0.717, 1.165) is 5.69 Å². The lowest BCUT2D eigenvalue weighted by Gasteiger charge is -2.05. The van der Waals surface area contributed by atoms with Gasteiger partial charge in [-0.3, -0.25) is 4.98 Å². The minimum absolute atomic E-state index is 0.212. The van der Waals surface area contributed by atoms with Gasteiger partial charge in [-0.2, -0.15) is 8.92 Å². The third-order valence-corrected chi connectivity index (χ3v) is 2.75. The van der Waals surface area contributed by atoms with Crippen LogP contribution in [0.4, 0.5) is 0 Å². The number of nitrogens with zero attached hydrogens (tertiary/aromatic N) is 3. The molecule has 0 spiro atoms. The van der Waals surface area contributed by atoms with E-state index in [2.05, 4.69) is 22.9 Å². The van der Waals surface area contributed by atoms with Crippen LogP contribution in [0.5, 0.6) is 0 Å². The Balaban J connectivity index is 2.18. The molecular weight excluding hydrogens is 190 g/mol. The van der Waals surface area contributed by atoms with Gasteiger partial charge in [0.15, 0.2) is 0 Å². The lowest BCUT2D eigenvalue weighted by molar-refractivity contribution is 0.854. The smallest absolute Gasteiger partial charge is 0.106 e. The van der Waals surface area contributed by atoms with Crippen molar-refractivity contribution < 1.29 is 0 Å². The minimum Gasteiger partial charge on any atom is -0.260 e. The lowest BCUT2D eigenvalue weighted by Crippen LogP contribution is -1.94. The topological polar surface area (TPSA) is 28.5 Å². The fourth-order valence-corrected chi connectivity index (χ4v) is 1.98. The quantitative estimate of drug-likeness (QED) is 0.551. The first-order valence-corrected chi connectivity index (χ1v) is 4.71. The molecule has 1 aromatic rings. The molecular formula is C7H7N3S2. The van der Waals surface area contributed by atoms with Crippen LogP contribution in [0.15, 0.2) is 29.5 Å². The van der Waals surface area contributed by atoms with Gasteiger partial charge in [0.05, 0.1) is 5.69 Å². The van der Waals surface area contributed by atoms with E-state index >= 15 is 0 Å². The van der Waals surface area contributed by atoms with Crippen LogP contribution >= 0.6 is 24.8 Å². The van der Waals surface area contributed by atoms with Crippen LogP contribution < -0.4 is 0 Å². The first kappa shape index (κ1) is 7.94. The molecule has 1 aliphatic heterocycles. The second kappa shape index (κ2) is 3.37. The van der Waals surface area contributed by atoms with Gasteiger partial charge in [0.1, 0.15) is 5.25 Å². The Hall–Kier alpha value is -0.680. The first-order chi connectivity index (χ1) is 5.86. The van der Waals surface area contributed by atoms with E-state index in [4.69, 9.17) is 0 Å². The lowest BCUT2D eigenvalue weighted by atomic mass is 10.3. The summed E-state index contributed by atoms with van der Waals surface area (Å²) in [6.45, 7) is 0. The van der Waals surface area contributed by atoms with E-state index in [-0.39, 0.29) is 5.25 Å². The number of pyridine rings is 1. The van der Waals surface area contributed by atoms with Gasteiger partial charge in [0, 0.05) is 12.4 Å². The van der Waals surface area contributed by atoms with Crippen molar-refractivity contribution in [1.29, 1.82) is 0 Å². The summed E-state index contributed by atoms with van der Waals surface area (Å²) in [5, 5.41) is 4.20. The summed E-state index contributed by atoms with van der Waals surface area (Å²) in [6.07, 6.45) is 3.62. The van der Waals surface area contributed by atoms with Crippen molar-refractivity contribution in [3.8, 4) is 0 Å². The van der Waals surface area contributed by atoms with E-state index in [1.807, 2.05) is 24.4 Å². The van der Waals surface area contributed by atoms with Gasteiger partial charge in [0.25, 0.3) is 0 Å². The Bertz CT molecular complexity index is 288. The summed E-state index contributed by atoms with van der Waals surface area (Å²) >= 11 is 5.60. The molecule has 5 heteroatoms. The molecule has 0 bridgehead atoms. The highest BCUT2D eigenvalue weighted by Crippen LogP contribution is 2.34. The van der Waals surface area contributed by atoms with Crippen molar-refractivity contribution in [2.45, 2.75) is 5.25 Å². The predicted octanol–water partition coefficient (Wildman–Crippen LogP) is 1.92. The standard InChI is InChI=1S/C7H7N3S2/c11-10-9-5-7(12-10)6-3-1-2-4-8-6/h1-5,7,11H. The molecule has 0 aliphatic carbocycles. The molecule has 0 amide bonds. The molecule has 3 nitrogen and oxygen atoms in total. The Labute approximate surface area is 80.5 Å². The van der Waals surface area contributed by atoms with Gasteiger partial charge in [-0.1, -0.05) is 6.07 Å². The van der Waals surface area contributed by atoms with Crippen molar-refractivity contribution in [3.05, 3.63) is 30.1 Å². The first-order valence-electron chi connectivity index (χ1n) is 3.47. The average molecular weight is 197 g/mol. The predicted molar refractivity (Wildman–Crippen MR) is 53.9 cm³/mol. The Morgan fingerprint density at radius 2 is 2.42 bits per heavy atom. The largest absolute Gasteiger partial charge is 0.260 e. The van der Waals surface area contributed by atoms with Crippen LogP contribution in [-0.4, -0.2) is 15.0 Å². The molecule has 1 aliphatic rings. The molecule has 2 heterocycles. The SMILES string of the molecule is SN1N=CC(c2ccccn2)S1. The third kappa shape index (κ3) is 1.56. The third-order valence-electron chi connectivity index (χ3n) is 1.49. The van der Waals surface area contributed by atoms with Crippen LogP contribution in [0.1, 0.15) is 10.9 Å². The number of rotatable bonds is 1. The fourth-order valence-electron chi connectivity index (χ4n) is 0.948. The summed E-state index contributed by atoms with van der Waals surface area (Å²) < 4.78 is 1.54. The van der Waals surface area contributed by atoms with E-state index in [1.165, 1.54) is 11.9 Å². The summed E-state index contributed by atoms with van der Waals surface area (Å²) in [4.78, 5) is 4.22. The maximum Gasteiger partial charge on any atom is 0.106 e. The number of hydrazone groups is 1. The Morgan fingerprint density at radius 3 is 3.00 bits per heavy atom. The molecule has 12 heavy (non-hydrogen) atoms. The molecule has 62 valence electrons. The fraction of sp³-hybridized carbons (Fsp3) is 0.143. The number of thiol groups is 1. The van der Waals surface area contributed by atoms with Crippen molar-refractivity contribution in [2.75, 3.05) is 0 Å². The zero-order valence-corrected chi connectivity index (χ0v) is 7.87. The number of aromatic nitrogens is 1. The molecule has 1 unspecified atom stereocenters. The Morgan fingerprint density at radius 1 is 1.50 bits per heavy atom. The highest BCUT2D eigenvalue weighted by Gasteiger charge is 2.18. The summed E-state index contributed by atoms with van der Waals surface area (Å²) in [6, 6.07) is 5.85. The zero-order chi connectivity index (χ0) is 8.39. The zero-order valence-electron chi connectivity index (χ0n) is 6.16. The van der Waals surface area contributed by atoms with E-state index < -0.39 is 0 Å². The van der Waals surface area contributed by atoms with Crippen molar-refractivity contribution in [3.63, 3.8) is 0 Å². The van der Waals surface area contributed by atoms with Crippen LogP contribution in [0.2, 0.25) is 0 Å². The van der Waals surface area contributed by atoms with Crippen LogP contribution in [-0.2, 0) is 0 Å². The van der Waals surface area contributed by atoms with Crippen molar-refractivity contribution in [1.82, 2.24) is 8.80 Å². The van der Waals surface area contributed by atoms with Crippen molar-refractivity contribution in [2.24, 2.45) is 5.10 Å². The number of hydrogen-bond acceptors (Lipinski definition) is 5. The minimum atomic E-state index is 0.212. The van der Waals surface area contributed by atoms with Crippen molar-refractivity contribution >= 4 is 31.0 Å². The van der Waals surface area contributed by atoms with E-state index in [0.29, 0.717) is 0 Å². The molecule has 0 N–H and O–H groups in total. The molecule has 0 fully saturated rings. The molecule has 0 aromatic carbocycles. The molecule has 1 atom stereocenters. The second-order valence-electron chi connectivity index (χ2n) is 2.30. The maximum atomic E-state index is 4.22. The Kier molecular flexibility index (Phi) is 2.23. The summed E-state index contributed by atoms with van der Waals surface area (Å²) in [5.41, 5.74) is 1.02. The van der Waals surface area contributed by atoms with Gasteiger partial charge in [-0.05, 0) is 36.9 Å². The molecule has 0 saturated carbocycles. The van der Waals surface area contributed by atoms with Gasteiger partial charge in [-0.15, -0.1) is 0 Å². The van der Waals surface area contributed by atoms with Gasteiger partial charge in [-0.25, -0.2) is 0 Å². The normalized spacial score (nSPS) is 21.8. The van der Waals surface area contributed by atoms with Crippen LogP contribution in [0.3, 0.4) is 0 Å². The van der Waals surface area contributed by atoms with E-state index in [9.17, 15) is 0 Å². The monoisotopic (exact) mass is 197 g/mol. The molecule has 0 saturated heterocycles. The second-order valence-corrected chi connectivity index (χ2v) is 4.01. The summed E-state index contributed by atoms with van der Waals surface area (Å²) in [5.74, 6) is 0. The number of hydrogen-bond donors (Lipinski definition) is 1. The van der Waals surface area contributed by atoms with Gasteiger partial charge >= 0.3 is 0 Å². The molecule has 1 aromatic heterocycles. The van der Waals surface area contributed by atoms with E-state index in [1.54, 1.807) is 10.0 Å². The highest BCUT2D eigenvalue weighted by molar-refractivity contribution is 8.06. The molecule has 0 radical (unpaired) electrons. The highest BCUT2D eigenvalue weighted by atomic mass is 32.2. The summed E-state index contributed by atoms with van der Waals surface area (Å²) in [7, 11) is 0. The van der Waals surface area contributed by atoms with Gasteiger partial charge < -0.3 is 0 Å². The van der Waals surface area contributed by atoms with Crippen LogP contribution in [0, 0.1) is 0 Å². The molecule has 2 rings (SSSR count).